The highest BCUT2D eigenvalue weighted by Gasteiger charge is 2.19. The minimum Gasteiger partial charge on any atom is -0.399 e. The molecule has 1 aromatic rings. The van der Waals surface area contributed by atoms with Crippen LogP contribution in [0.15, 0.2) is 24.3 Å². The second-order valence-corrected chi connectivity index (χ2v) is 4.63. The molecular formula is C13H19N. The molecule has 1 aliphatic rings. The first-order valence-electron chi connectivity index (χ1n) is 5.61. The second kappa shape index (κ2) is 4.04. The molecule has 14 heavy (non-hydrogen) atoms. The summed E-state index contributed by atoms with van der Waals surface area (Å²) in [6, 6.07) is 8.40. The lowest BCUT2D eigenvalue weighted by atomic mass is 9.79. The molecule has 0 aromatic heterocycles. The number of hydrogen-bond donors (Lipinski definition) is 1. The van der Waals surface area contributed by atoms with E-state index < -0.39 is 0 Å². The third kappa shape index (κ3) is 2.09. The van der Waals surface area contributed by atoms with E-state index in [1.165, 1.54) is 31.2 Å². The maximum atomic E-state index is 5.79. The summed E-state index contributed by atoms with van der Waals surface area (Å²) in [6.07, 6.45) is 5.42. The van der Waals surface area contributed by atoms with Crippen molar-refractivity contribution in [2.24, 2.45) is 5.92 Å². The van der Waals surface area contributed by atoms with Gasteiger partial charge < -0.3 is 5.73 Å². The predicted molar refractivity (Wildman–Crippen MR) is 61.2 cm³/mol. The van der Waals surface area contributed by atoms with Crippen LogP contribution in [0.2, 0.25) is 0 Å². The highest BCUT2D eigenvalue weighted by atomic mass is 14.5. The van der Waals surface area contributed by atoms with Crippen LogP contribution in [0.25, 0.3) is 0 Å². The van der Waals surface area contributed by atoms with Gasteiger partial charge in [-0.2, -0.15) is 0 Å². The zero-order chi connectivity index (χ0) is 9.97. The summed E-state index contributed by atoms with van der Waals surface area (Å²) < 4.78 is 0. The average Bonchev–Trinajstić information content (AvgIpc) is 2.19. The van der Waals surface area contributed by atoms with Gasteiger partial charge in [-0.05, 0) is 42.4 Å². The van der Waals surface area contributed by atoms with Crippen LogP contribution < -0.4 is 5.73 Å². The third-order valence-corrected chi connectivity index (χ3v) is 3.40. The van der Waals surface area contributed by atoms with E-state index in [1.807, 2.05) is 6.07 Å². The molecule has 0 spiro atoms. The monoisotopic (exact) mass is 189 g/mol. The fourth-order valence-electron chi connectivity index (χ4n) is 2.41. The number of benzene rings is 1. The highest BCUT2D eigenvalue weighted by molar-refractivity contribution is 5.41. The van der Waals surface area contributed by atoms with Crippen molar-refractivity contribution in [3.63, 3.8) is 0 Å². The summed E-state index contributed by atoms with van der Waals surface area (Å²) in [5.74, 6) is 1.68. The summed E-state index contributed by atoms with van der Waals surface area (Å²) in [4.78, 5) is 0. The Kier molecular flexibility index (Phi) is 2.76. The highest BCUT2D eigenvalue weighted by Crippen LogP contribution is 2.35. The minimum absolute atomic E-state index is 0.759. The van der Waals surface area contributed by atoms with Crippen LogP contribution in [-0.4, -0.2) is 0 Å². The molecule has 2 rings (SSSR count). The van der Waals surface area contributed by atoms with Gasteiger partial charge in [-0.15, -0.1) is 0 Å². The Hall–Kier alpha value is -0.980. The van der Waals surface area contributed by atoms with E-state index in [0.29, 0.717) is 0 Å². The molecule has 0 aliphatic heterocycles. The van der Waals surface area contributed by atoms with Gasteiger partial charge in [0.2, 0.25) is 0 Å². The SMILES string of the molecule is CC1CCC(c2cccc(N)c2)CC1. The Morgan fingerprint density at radius 1 is 1.14 bits per heavy atom. The zero-order valence-corrected chi connectivity index (χ0v) is 8.87. The van der Waals surface area contributed by atoms with Crippen molar-refractivity contribution in [1.82, 2.24) is 0 Å². The van der Waals surface area contributed by atoms with Crippen molar-refractivity contribution in [3.8, 4) is 0 Å². The number of anilines is 1. The van der Waals surface area contributed by atoms with E-state index in [2.05, 4.69) is 25.1 Å². The number of nitrogens with two attached hydrogens (primary N) is 1. The molecule has 0 amide bonds. The van der Waals surface area contributed by atoms with Crippen molar-refractivity contribution in [2.75, 3.05) is 5.73 Å². The molecule has 1 nitrogen and oxygen atoms in total. The van der Waals surface area contributed by atoms with Gasteiger partial charge in [0.15, 0.2) is 0 Å². The molecule has 76 valence electrons. The van der Waals surface area contributed by atoms with E-state index in [9.17, 15) is 0 Å². The van der Waals surface area contributed by atoms with E-state index in [4.69, 9.17) is 5.73 Å². The zero-order valence-electron chi connectivity index (χ0n) is 8.87. The average molecular weight is 189 g/mol. The smallest absolute Gasteiger partial charge is 0.0316 e. The Balaban J connectivity index is 2.08. The Labute approximate surface area is 86.3 Å². The maximum absolute atomic E-state index is 5.79. The lowest BCUT2D eigenvalue weighted by molar-refractivity contribution is 0.348. The van der Waals surface area contributed by atoms with Crippen LogP contribution in [0, 0.1) is 5.92 Å². The Morgan fingerprint density at radius 3 is 2.50 bits per heavy atom. The van der Waals surface area contributed by atoms with E-state index in [-0.39, 0.29) is 0 Å². The topological polar surface area (TPSA) is 26.0 Å². The molecule has 0 bridgehead atoms. The summed E-state index contributed by atoms with van der Waals surface area (Å²) >= 11 is 0. The molecule has 1 saturated carbocycles. The van der Waals surface area contributed by atoms with Crippen molar-refractivity contribution >= 4 is 5.69 Å². The van der Waals surface area contributed by atoms with Crippen molar-refractivity contribution in [2.45, 2.75) is 38.5 Å². The first kappa shape index (κ1) is 9.57. The minimum atomic E-state index is 0.759. The lowest BCUT2D eigenvalue weighted by Gasteiger charge is -2.26. The molecule has 0 unspecified atom stereocenters. The fourth-order valence-corrected chi connectivity index (χ4v) is 2.41. The lowest BCUT2D eigenvalue weighted by Crippen LogP contribution is -2.10. The van der Waals surface area contributed by atoms with Gasteiger partial charge in [-0.25, -0.2) is 0 Å². The van der Waals surface area contributed by atoms with Crippen LogP contribution in [-0.2, 0) is 0 Å². The third-order valence-electron chi connectivity index (χ3n) is 3.40. The Bertz CT molecular complexity index is 298. The van der Waals surface area contributed by atoms with Crippen LogP contribution in [0.1, 0.15) is 44.1 Å². The van der Waals surface area contributed by atoms with E-state index in [0.717, 1.165) is 17.5 Å². The number of nitrogen functional groups attached to an aromatic ring is 1. The molecule has 1 heteroatoms. The first-order valence-corrected chi connectivity index (χ1v) is 5.61. The van der Waals surface area contributed by atoms with E-state index >= 15 is 0 Å². The van der Waals surface area contributed by atoms with Gasteiger partial charge in [0.1, 0.15) is 0 Å². The molecule has 1 aromatic carbocycles. The summed E-state index contributed by atoms with van der Waals surface area (Å²) in [6.45, 7) is 2.36. The number of rotatable bonds is 1. The van der Waals surface area contributed by atoms with Crippen molar-refractivity contribution in [1.29, 1.82) is 0 Å². The quantitative estimate of drug-likeness (QED) is 0.672. The molecule has 0 saturated heterocycles. The normalized spacial score (nSPS) is 27.5. The summed E-state index contributed by atoms with van der Waals surface area (Å²) in [7, 11) is 0. The van der Waals surface area contributed by atoms with Crippen LogP contribution in [0.4, 0.5) is 5.69 Å². The molecule has 0 atom stereocenters. The van der Waals surface area contributed by atoms with Gasteiger partial charge in [0.25, 0.3) is 0 Å². The summed E-state index contributed by atoms with van der Waals surface area (Å²) in [5, 5.41) is 0. The van der Waals surface area contributed by atoms with Gasteiger partial charge in [-0.3, -0.25) is 0 Å². The molecule has 1 aliphatic carbocycles. The molecule has 0 radical (unpaired) electrons. The van der Waals surface area contributed by atoms with Crippen LogP contribution in [0.5, 0.6) is 0 Å². The molecular weight excluding hydrogens is 170 g/mol. The maximum Gasteiger partial charge on any atom is 0.0316 e. The summed E-state index contributed by atoms with van der Waals surface area (Å²) in [5.41, 5.74) is 8.14. The standard InChI is InChI=1S/C13H19N/c1-10-5-7-11(8-6-10)12-3-2-4-13(14)9-12/h2-4,9-11H,5-8,14H2,1H3. The van der Waals surface area contributed by atoms with Crippen LogP contribution in [0.3, 0.4) is 0 Å². The van der Waals surface area contributed by atoms with Crippen molar-refractivity contribution in [3.05, 3.63) is 29.8 Å². The molecule has 1 fully saturated rings. The second-order valence-electron chi connectivity index (χ2n) is 4.63. The van der Waals surface area contributed by atoms with Gasteiger partial charge >= 0.3 is 0 Å². The van der Waals surface area contributed by atoms with E-state index in [1.54, 1.807) is 0 Å². The fraction of sp³-hybridized carbons (Fsp3) is 0.538. The van der Waals surface area contributed by atoms with Crippen LogP contribution >= 0.6 is 0 Å². The molecule has 0 heterocycles. The van der Waals surface area contributed by atoms with Gasteiger partial charge in [0, 0.05) is 5.69 Å². The first-order chi connectivity index (χ1) is 6.75. The predicted octanol–water partition coefficient (Wildman–Crippen LogP) is 3.56. The Morgan fingerprint density at radius 2 is 1.86 bits per heavy atom. The number of hydrogen-bond acceptors (Lipinski definition) is 1. The van der Waals surface area contributed by atoms with Gasteiger partial charge in [-0.1, -0.05) is 31.9 Å². The largest absolute Gasteiger partial charge is 0.399 e. The van der Waals surface area contributed by atoms with Crippen molar-refractivity contribution < 1.29 is 0 Å². The molecule has 2 N–H and O–H groups in total. The van der Waals surface area contributed by atoms with Gasteiger partial charge in [0.05, 0.1) is 0 Å².